The van der Waals surface area contributed by atoms with Gasteiger partial charge in [0, 0.05) is 30.5 Å². The van der Waals surface area contributed by atoms with Gasteiger partial charge in [-0.05, 0) is 31.2 Å². The molecule has 3 amide bonds. The summed E-state index contributed by atoms with van der Waals surface area (Å²) in [5, 5.41) is 2.31. The lowest BCUT2D eigenvalue weighted by molar-refractivity contribution is -0.160. The first-order valence-corrected chi connectivity index (χ1v) is 13.4. The molecule has 7 nitrogen and oxygen atoms in total. The topological polar surface area (TPSA) is 105 Å². The Morgan fingerprint density at radius 2 is 1.68 bits per heavy atom. The SMILES string of the molecule is CCC(F)(F)[C@@H](C(N)=O)[C@H](CCC(F)(F)F)C(=O)N[C@H]1N=C(c2ccccc2)c2ccccc2N(CC2CC2)C1=O. The first-order chi connectivity index (χ1) is 19.3. The number of hydrogen-bond acceptors (Lipinski definition) is 4. The van der Waals surface area contributed by atoms with Crippen LogP contribution in [0, 0.1) is 17.8 Å². The molecule has 0 unspecified atom stereocenters. The maximum Gasteiger partial charge on any atom is 0.389 e. The van der Waals surface area contributed by atoms with Crippen LogP contribution in [0.25, 0.3) is 0 Å². The fourth-order valence-electron chi connectivity index (χ4n) is 5.03. The van der Waals surface area contributed by atoms with E-state index in [1.807, 2.05) is 0 Å². The van der Waals surface area contributed by atoms with Gasteiger partial charge in [0.1, 0.15) is 5.92 Å². The fourth-order valence-corrected chi connectivity index (χ4v) is 5.03. The number of benzene rings is 2. The molecule has 2 aliphatic rings. The van der Waals surface area contributed by atoms with E-state index in [4.69, 9.17) is 5.73 Å². The zero-order valence-electron chi connectivity index (χ0n) is 22.3. The van der Waals surface area contributed by atoms with Crippen molar-refractivity contribution in [2.24, 2.45) is 28.5 Å². The van der Waals surface area contributed by atoms with Crippen LogP contribution in [0.3, 0.4) is 0 Å². The number of fused-ring (bicyclic) bond motifs is 1. The molecule has 3 atom stereocenters. The third kappa shape index (κ3) is 7.09. The number of primary amides is 1. The molecule has 1 fully saturated rings. The molecule has 1 heterocycles. The van der Waals surface area contributed by atoms with E-state index in [1.165, 1.54) is 4.90 Å². The van der Waals surface area contributed by atoms with Crippen molar-refractivity contribution in [1.82, 2.24) is 5.32 Å². The van der Waals surface area contributed by atoms with Gasteiger partial charge < -0.3 is 16.0 Å². The highest BCUT2D eigenvalue weighted by atomic mass is 19.4. The average Bonchev–Trinajstić information content (AvgIpc) is 3.76. The third-order valence-electron chi connectivity index (χ3n) is 7.38. The number of aliphatic imine (C=N–C) groups is 1. The molecule has 1 saturated carbocycles. The highest BCUT2D eigenvalue weighted by Crippen LogP contribution is 2.39. The van der Waals surface area contributed by atoms with Crippen LogP contribution in [-0.2, 0) is 14.4 Å². The number of nitrogens with one attached hydrogen (secondary N) is 1. The number of nitrogens with zero attached hydrogens (tertiary/aromatic N) is 2. The van der Waals surface area contributed by atoms with Crippen LogP contribution in [0.4, 0.5) is 27.6 Å². The molecule has 0 saturated heterocycles. The smallest absolute Gasteiger partial charge is 0.369 e. The van der Waals surface area contributed by atoms with Crippen LogP contribution in [0.1, 0.15) is 50.2 Å². The summed E-state index contributed by atoms with van der Waals surface area (Å²) in [6.07, 6.45) is -8.32. The molecule has 220 valence electrons. The summed E-state index contributed by atoms with van der Waals surface area (Å²) in [6.45, 7) is 1.35. The number of hydrogen-bond donors (Lipinski definition) is 2. The van der Waals surface area contributed by atoms with Gasteiger partial charge in [-0.1, -0.05) is 55.5 Å². The van der Waals surface area contributed by atoms with Gasteiger partial charge in [0.25, 0.3) is 11.8 Å². The van der Waals surface area contributed by atoms with Crippen molar-refractivity contribution in [2.45, 2.75) is 57.3 Å². The van der Waals surface area contributed by atoms with Crippen LogP contribution in [0.2, 0.25) is 0 Å². The Kier molecular flexibility index (Phi) is 8.79. The minimum Gasteiger partial charge on any atom is -0.369 e. The molecule has 2 aromatic rings. The zero-order chi connectivity index (χ0) is 29.9. The molecule has 12 heteroatoms. The largest absolute Gasteiger partial charge is 0.389 e. The highest BCUT2D eigenvalue weighted by molar-refractivity contribution is 6.20. The van der Waals surface area contributed by atoms with Crippen LogP contribution >= 0.6 is 0 Å². The van der Waals surface area contributed by atoms with Gasteiger partial charge in [0.15, 0.2) is 0 Å². The summed E-state index contributed by atoms with van der Waals surface area (Å²) in [6, 6.07) is 15.8. The second-order valence-corrected chi connectivity index (χ2v) is 10.4. The lowest BCUT2D eigenvalue weighted by Gasteiger charge is -2.31. The van der Waals surface area contributed by atoms with Crippen LogP contribution in [0.5, 0.6) is 0 Å². The van der Waals surface area contributed by atoms with Gasteiger partial charge in [-0.2, -0.15) is 13.2 Å². The molecule has 1 aliphatic carbocycles. The Bertz CT molecular complexity index is 1310. The fraction of sp³-hybridized carbons (Fsp3) is 0.448. The van der Waals surface area contributed by atoms with Gasteiger partial charge in [-0.3, -0.25) is 14.4 Å². The number of rotatable bonds is 11. The molecule has 0 radical (unpaired) electrons. The van der Waals surface area contributed by atoms with Crippen LogP contribution in [0.15, 0.2) is 59.6 Å². The van der Waals surface area contributed by atoms with E-state index < -0.39 is 67.1 Å². The van der Waals surface area contributed by atoms with Gasteiger partial charge in [-0.15, -0.1) is 0 Å². The Labute approximate surface area is 234 Å². The Morgan fingerprint density at radius 1 is 1.05 bits per heavy atom. The molecule has 41 heavy (non-hydrogen) atoms. The van der Waals surface area contributed by atoms with Crippen molar-refractivity contribution >= 4 is 29.1 Å². The summed E-state index contributed by atoms with van der Waals surface area (Å²) in [7, 11) is 0. The molecule has 0 aromatic heterocycles. The van der Waals surface area contributed by atoms with Gasteiger partial charge in [0.2, 0.25) is 18.0 Å². The maximum atomic E-state index is 14.8. The summed E-state index contributed by atoms with van der Waals surface area (Å²) < 4.78 is 69.1. The number of carbonyl (C=O) groups is 3. The van der Waals surface area contributed by atoms with Gasteiger partial charge in [0.05, 0.1) is 17.3 Å². The molecule has 4 rings (SSSR count). The Hall–Kier alpha value is -3.83. The van der Waals surface area contributed by atoms with Crippen LogP contribution < -0.4 is 16.0 Å². The van der Waals surface area contributed by atoms with Crippen molar-refractivity contribution in [1.29, 1.82) is 0 Å². The highest BCUT2D eigenvalue weighted by Gasteiger charge is 2.50. The standard InChI is InChI=1S/C29H31F5N4O3/c1-2-28(30,31)22(24(35)39)20(14-15-29(32,33)34)26(40)37-25-27(41)38(16-17-12-13-17)21-11-7-6-10-19(21)23(36-25)18-8-4-3-5-9-18/h3-11,17,20,22,25H,2,12-16H2,1H3,(H2,35,39)(H,37,40)/t20-,22+,25+/m0/s1. The number of alkyl halides is 5. The molecular formula is C29H31F5N4O3. The maximum absolute atomic E-state index is 14.8. The number of carbonyl (C=O) groups excluding carboxylic acids is 3. The van der Waals surface area contributed by atoms with E-state index in [0.717, 1.165) is 19.8 Å². The lowest BCUT2D eigenvalue weighted by atomic mass is 9.81. The second-order valence-electron chi connectivity index (χ2n) is 10.4. The molecule has 3 N–H and O–H groups in total. The van der Waals surface area contributed by atoms with Crippen molar-refractivity contribution in [2.75, 3.05) is 11.4 Å². The average molecular weight is 579 g/mol. The van der Waals surface area contributed by atoms with Crippen LogP contribution in [-0.4, -0.2) is 48.2 Å². The van der Waals surface area contributed by atoms with E-state index in [2.05, 4.69) is 10.3 Å². The summed E-state index contributed by atoms with van der Waals surface area (Å²) in [5.74, 6) is -11.9. The van der Waals surface area contributed by atoms with Gasteiger partial charge >= 0.3 is 6.18 Å². The van der Waals surface area contributed by atoms with Gasteiger partial charge in [-0.25, -0.2) is 13.8 Å². The zero-order valence-corrected chi connectivity index (χ0v) is 22.3. The monoisotopic (exact) mass is 578 g/mol. The second kappa shape index (κ2) is 12.0. The molecular weight excluding hydrogens is 547 g/mol. The van der Waals surface area contributed by atoms with E-state index in [9.17, 15) is 36.3 Å². The third-order valence-corrected chi connectivity index (χ3v) is 7.38. The van der Waals surface area contributed by atoms with Crippen molar-refractivity contribution in [3.05, 3.63) is 65.7 Å². The quantitative estimate of drug-likeness (QED) is 0.373. The predicted molar refractivity (Wildman–Crippen MR) is 142 cm³/mol. The summed E-state index contributed by atoms with van der Waals surface area (Å²) in [4.78, 5) is 45.5. The van der Waals surface area contributed by atoms with Crippen molar-refractivity contribution in [3.8, 4) is 0 Å². The molecule has 0 spiro atoms. The number of anilines is 1. The Morgan fingerprint density at radius 3 is 2.27 bits per heavy atom. The minimum atomic E-state index is -4.79. The number of halogens is 5. The Balaban J connectivity index is 1.77. The number of nitrogens with two attached hydrogens (primary N) is 1. The molecule has 1 aliphatic heterocycles. The van der Waals surface area contributed by atoms with E-state index >= 15 is 0 Å². The number of amides is 3. The summed E-state index contributed by atoms with van der Waals surface area (Å²) in [5.41, 5.74) is 7.27. The normalized spacial score (nSPS) is 19.1. The predicted octanol–water partition coefficient (Wildman–Crippen LogP) is 4.83. The summed E-state index contributed by atoms with van der Waals surface area (Å²) >= 11 is 0. The minimum absolute atomic E-state index is 0.212. The van der Waals surface area contributed by atoms with E-state index in [0.29, 0.717) is 29.1 Å². The van der Waals surface area contributed by atoms with E-state index in [1.54, 1.807) is 54.6 Å². The van der Waals surface area contributed by atoms with E-state index in [-0.39, 0.29) is 5.92 Å². The first-order valence-electron chi connectivity index (χ1n) is 13.4. The number of benzodiazepines with no additional fused rings is 1. The van der Waals surface area contributed by atoms with Crippen molar-refractivity contribution < 1.29 is 36.3 Å². The van der Waals surface area contributed by atoms with Crippen molar-refractivity contribution in [3.63, 3.8) is 0 Å². The molecule has 2 aromatic carbocycles. The lowest BCUT2D eigenvalue weighted by Crippen LogP contribution is -2.53. The first kappa shape index (κ1) is 30.1. The number of para-hydroxylation sites is 1. The molecule has 0 bridgehead atoms.